The van der Waals surface area contributed by atoms with Crippen LogP contribution in [0, 0.1) is 0 Å². The summed E-state index contributed by atoms with van der Waals surface area (Å²) in [5, 5.41) is 0.503. The van der Waals surface area contributed by atoms with Gasteiger partial charge in [0.05, 0.1) is 5.56 Å². The van der Waals surface area contributed by atoms with E-state index < -0.39 is 21.5 Å². The van der Waals surface area contributed by atoms with E-state index in [1.54, 1.807) is 0 Å². The van der Waals surface area contributed by atoms with Crippen LogP contribution in [0.1, 0.15) is 5.56 Å². The van der Waals surface area contributed by atoms with Crippen LogP contribution >= 0.6 is 0 Å². The number of halogens is 3. The molecule has 0 aliphatic carbocycles. The molecule has 1 aromatic rings. The maximum Gasteiger partial charge on any atom is 0.416 e. The molecule has 12 heavy (non-hydrogen) atoms. The minimum atomic E-state index is -4.29. The molecule has 0 aliphatic rings. The van der Waals surface area contributed by atoms with Gasteiger partial charge in [0, 0.05) is 0 Å². The summed E-state index contributed by atoms with van der Waals surface area (Å²) in [5.74, 6) is 0. The van der Waals surface area contributed by atoms with Crippen LogP contribution < -0.4 is 5.19 Å². The highest BCUT2D eigenvalue weighted by Gasteiger charge is 2.29. The highest BCUT2D eigenvalue weighted by atomic mass is 28.2. The summed E-state index contributed by atoms with van der Waals surface area (Å²) in [7, 11) is -0.458. The molecule has 2 radical (unpaired) electrons. The Kier molecular flexibility index (Phi) is 2.54. The molecule has 0 bridgehead atoms. The zero-order chi connectivity index (χ0) is 9.19. The average Bonchev–Trinajstić information content (AvgIpc) is 2.03. The Morgan fingerprint density at radius 1 is 1.08 bits per heavy atom. The summed E-state index contributed by atoms with van der Waals surface area (Å²) >= 11 is 0. The van der Waals surface area contributed by atoms with E-state index in [9.17, 15) is 13.2 Å². The summed E-state index contributed by atoms with van der Waals surface area (Å²) in [4.78, 5) is 8.58. The quantitative estimate of drug-likeness (QED) is 0.653. The van der Waals surface area contributed by atoms with Gasteiger partial charge in [0.25, 0.3) is 9.76 Å². The first-order valence-corrected chi connectivity index (χ1v) is 4.06. The molecule has 0 unspecified atom stereocenters. The highest BCUT2D eigenvalue weighted by molar-refractivity contribution is 6.45. The van der Waals surface area contributed by atoms with Gasteiger partial charge in [-0.2, -0.15) is 13.2 Å². The van der Waals surface area contributed by atoms with Gasteiger partial charge in [0.15, 0.2) is 0 Å². The monoisotopic (exact) mass is 190 g/mol. The molecule has 0 saturated carbocycles. The maximum atomic E-state index is 12.0. The zero-order valence-corrected chi connectivity index (χ0v) is 6.89. The predicted octanol–water partition coefficient (Wildman–Crippen LogP) is 0.942. The van der Waals surface area contributed by atoms with E-state index in [-0.39, 0.29) is 0 Å². The van der Waals surface area contributed by atoms with E-state index in [0.717, 1.165) is 12.1 Å². The number of hydrogen-bond donors (Lipinski definition) is 1. The van der Waals surface area contributed by atoms with Crippen molar-refractivity contribution in [2.24, 2.45) is 0 Å². The number of rotatable bonds is 1. The van der Waals surface area contributed by atoms with Crippen molar-refractivity contribution in [3.05, 3.63) is 29.8 Å². The minimum absolute atomic E-state index is 0.458. The van der Waals surface area contributed by atoms with E-state index in [2.05, 4.69) is 0 Å². The van der Waals surface area contributed by atoms with Crippen LogP contribution in [0.4, 0.5) is 13.2 Å². The van der Waals surface area contributed by atoms with Gasteiger partial charge in [-0.15, -0.1) is 0 Å². The Morgan fingerprint density at radius 2 is 1.58 bits per heavy atom. The van der Waals surface area contributed by atoms with Crippen molar-refractivity contribution in [2.75, 3.05) is 0 Å². The van der Waals surface area contributed by atoms with Crippen LogP contribution in [-0.4, -0.2) is 14.6 Å². The highest BCUT2D eigenvalue weighted by Crippen LogP contribution is 2.27. The third kappa shape index (κ3) is 2.08. The van der Waals surface area contributed by atoms with E-state index in [1.165, 1.54) is 12.1 Å². The Bertz CT molecular complexity index is 254. The Hall–Kier alpha value is -0.813. The fourth-order valence-corrected chi connectivity index (χ4v) is 1.05. The molecular weight excluding hydrogens is 185 g/mol. The summed E-state index contributed by atoms with van der Waals surface area (Å²) in [6.07, 6.45) is -4.29. The van der Waals surface area contributed by atoms with Crippen LogP contribution in [0.3, 0.4) is 0 Å². The van der Waals surface area contributed by atoms with Gasteiger partial charge in [-0.1, -0.05) is 24.3 Å². The second-order valence-corrected chi connectivity index (χ2v) is 2.99. The molecule has 1 nitrogen and oxygen atoms in total. The zero-order valence-electron chi connectivity index (χ0n) is 5.89. The lowest BCUT2D eigenvalue weighted by Crippen LogP contribution is -2.14. The maximum absolute atomic E-state index is 12.0. The van der Waals surface area contributed by atoms with Crippen molar-refractivity contribution in [2.45, 2.75) is 6.18 Å². The summed E-state index contributed by atoms with van der Waals surface area (Å²) in [6, 6.07) is 4.44. The second kappa shape index (κ2) is 3.28. The van der Waals surface area contributed by atoms with Crippen LogP contribution in [0.15, 0.2) is 24.3 Å². The summed E-state index contributed by atoms with van der Waals surface area (Å²) in [5.41, 5.74) is -0.690. The first-order chi connectivity index (χ1) is 5.54. The Morgan fingerprint density at radius 3 is 1.92 bits per heavy atom. The molecule has 0 aliphatic heterocycles. The lowest BCUT2D eigenvalue weighted by atomic mass is 10.2. The SMILES string of the molecule is O[Si]c1ccc(C(F)(F)F)cc1. The average molecular weight is 190 g/mol. The fourth-order valence-electron chi connectivity index (χ4n) is 0.734. The van der Waals surface area contributed by atoms with Crippen LogP contribution in [0.25, 0.3) is 0 Å². The van der Waals surface area contributed by atoms with Crippen LogP contribution in [-0.2, 0) is 6.18 Å². The first kappa shape index (κ1) is 9.28. The molecule has 1 aromatic carbocycles. The Balaban J connectivity index is 2.93. The van der Waals surface area contributed by atoms with Crippen molar-refractivity contribution < 1.29 is 18.0 Å². The van der Waals surface area contributed by atoms with Gasteiger partial charge in [-0.05, 0) is 5.19 Å². The van der Waals surface area contributed by atoms with E-state index in [0.29, 0.717) is 5.19 Å². The van der Waals surface area contributed by atoms with E-state index >= 15 is 0 Å². The van der Waals surface area contributed by atoms with Crippen LogP contribution in [0.5, 0.6) is 0 Å². The Labute approximate surface area is 69.8 Å². The second-order valence-electron chi connectivity index (χ2n) is 2.19. The van der Waals surface area contributed by atoms with Gasteiger partial charge in [0.1, 0.15) is 0 Å². The lowest BCUT2D eigenvalue weighted by molar-refractivity contribution is -0.137. The van der Waals surface area contributed by atoms with Gasteiger partial charge < -0.3 is 4.80 Å². The molecule has 1 rings (SSSR count). The molecule has 0 fully saturated rings. The van der Waals surface area contributed by atoms with Gasteiger partial charge in [-0.25, -0.2) is 0 Å². The molecule has 64 valence electrons. The largest absolute Gasteiger partial charge is 0.428 e. The third-order valence-electron chi connectivity index (χ3n) is 1.34. The minimum Gasteiger partial charge on any atom is -0.428 e. The summed E-state index contributed by atoms with van der Waals surface area (Å²) < 4.78 is 35.9. The molecule has 0 saturated heterocycles. The standard InChI is InChI=1S/C7H5F3OSi/c8-7(9,10)5-1-3-6(12-11)4-2-5/h1-4,11H. The molecule has 1 N–H and O–H groups in total. The molecule has 0 spiro atoms. The van der Waals surface area contributed by atoms with Crippen molar-refractivity contribution in [1.82, 2.24) is 0 Å². The van der Waals surface area contributed by atoms with Crippen molar-refractivity contribution in [3.63, 3.8) is 0 Å². The molecule has 0 atom stereocenters. The van der Waals surface area contributed by atoms with Crippen molar-refractivity contribution in [3.8, 4) is 0 Å². The number of alkyl halides is 3. The van der Waals surface area contributed by atoms with Gasteiger partial charge in [-0.3, -0.25) is 0 Å². The molecule has 0 heterocycles. The van der Waals surface area contributed by atoms with Crippen LogP contribution in [0.2, 0.25) is 0 Å². The number of hydrogen-bond acceptors (Lipinski definition) is 1. The van der Waals surface area contributed by atoms with E-state index in [1.807, 2.05) is 0 Å². The molecule has 0 aromatic heterocycles. The van der Waals surface area contributed by atoms with Gasteiger partial charge >= 0.3 is 6.18 Å². The van der Waals surface area contributed by atoms with E-state index in [4.69, 9.17) is 4.80 Å². The third-order valence-corrected chi connectivity index (χ3v) is 1.93. The molecule has 0 amide bonds. The number of benzene rings is 1. The van der Waals surface area contributed by atoms with Gasteiger partial charge in [0.2, 0.25) is 0 Å². The fraction of sp³-hybridized carbons (Fsp3) is 0.143. The lowest BCUT2D eigenvalue weighted by Gasteiger charge is -2.05. The van der Waals surface area contributed by atoms with Crippen molar-refractivity contribution in [1.29, 1.82) is 0 Å². The molecule has 5 heteroatoms. The van der Waals surface area contributed by atoms with Crippen molar-refractivity contribution >= 4 is 14.9 Å². The summed E-state index contributed by atoms with van der Waals surface area (Å²) in [6.45, 7) is 0. The molecular formula is C7H5F3OSi. The smallest absolute Gasteiger partial charge is 0.416 e. The first-order valence-electron chi connectivity index (χ1n) is 3.11. The predicted molar refractivity (Wildman–Crippen MR) is 39.1 cm³/mol. The normalized spacial score (nSPS) is 11.7. The topological polar surface area (TPSA) is 20.2 Å².